The number of hydrogen-bond donors (Lipinski definition) is 0. The van der Waals surface area contributed by atoms with Crippen LogP contribution < -0.4 is 15.4 Å². The first-order chi connectivity index (χ1) is 20.4. The molecule has 1 aliphatic heterocycles. The highest BCUT2D eigenvalue weighted by Crippen LogP contribution is 2.39. The summed E-state index contributed by atoms with van der Waals surface area (Å²) in [7, 11) is 5.24. The molecule has 0 spiro atoms. The molecule has 0 saturated heterocycles. The normalized spacial score (nSPS) is 14.4. The first-order valence-electron chi connectivity index (χ1n) is 14.5. The molecule has 0 aliphatic carbocycles. The van der Waals surface area contributed by atoms with Crippen molar-refractivity contribution in [2.75, 3.05) is 37.0 Å². The molecule has 13 heteroatoms. The highest BCUT2D eigenvalue weighted by Gasteiger charge is 2.45. The monoisotopic (exact) mass is 660 g/mol. The molecule has 244 valence electrons. The van der Waals surface area contributed by atoms with E-state index in [4.69, 9.17) is 9.15 Å². The summed E-state index contributed by atoms with van der Waals surface area (Å²) in [5, 5.41) is 5.04. The third-order valence-corrected chi connectivity index (χ3v) is 8.17. The second kappa shape index (κ2) is 14.2. The Labute approximate surface area is 275 Å². The molecule has 45 heavy (non-hydrogen) atoms. The molecule has 2 amide bonds. The quantitative estimate of drug-likeness (QED) is 0.227. The predicted octanol–water partition coefficient (Wildman–Crippen LogP) is 4.68. The zero-order chi connectivity index (χ0) is 31.1. The van der Waals surface area contributed by atoms with Crippen LogP contribution in [-0.2, 0) is 47.6 Å². The second-order valence-electron chi connectivity index (χ2n) is 11.7. The summed E-state index contributed by atoms with van der Waals surface area (Å²) in [6.07, 6.45) is 1.76. The van der Waals surface area contributed by atoms with Crippen LogP contribution in [0.3, 0.4) is 0 Å². The standard InChI is InChI=1S/C32H40N6O5.2ClH/c1-8-38-26-10-9-22(16-27(26)34(5)30(40)32(3,4)31(38)41)18-36(19-23-15-21(2)33-35(23)6)13-14-37-12-11-28-25(29(37)39)17-24(43-28)20-42-7;;/h9-12,15-17H,8,13-14,18-20H2,1-7H3;2*1H. The number of fused-ring (bicyclic) bond motifs is 2. The molecule has 0 N–H and O–H groups in total. The number of pyridine rings is 1. The lowest BCUT2D eigenvalue weighted by Crippen LogP contribution is -2.47. The van der Waals surface area contributed by atoms with Gasteiger partial charge in [0.2, 0.25) is 11.8 Å². The molecule has 0 fully saturated rings. The summed E-state index contributed by atoms with van der Waals surface area (Å²) in [6.45, 7) is 10.2. The number of furan rings is 1. The Morgan fingerprint density at radius 1 is 0.978 bits per heavy atom. The van der Waals surface area contributed by atoms with Crippen LogP contribution in [0.5, 0.6) is 0 Å². The minimum atomic E-state index is -1.17. The predicted molar refractivity (Wildman–Crippen MR) is 179 cm³/mol. The lowest BCUT2D eigenvalue weighted by Gasteiger charge is -2.27. The number of amides is 2. The van der Waals surface area contributed by atoms with Crippen LogP contribution in [0.1, 0.15) is 43.5 Å². The molecule has 0 atom stereocenters. The maximum Gasteiger partial charge on any atom is 0.261 e. The molecule has 4 aromatic rings. The molecular weight excluding hydrogens is 619 g/mol. The summed E-state index contributed by atoms with van der Waals surface area (Å²) >= 11 is 0. The number of halogens is 2. The zero-order valence-electron chi connectivity index (χ0n) is 26.8. The van der Waals surface area contributed by atoms with Crippen LogP contribution in [0, 0.1) is 12.3 Å². The Balaban J connectivity index is 0.00000276. The fourth-order valence-electron chi connectivity index (χ4n) is 5.83. The SMILES string of the molecule is CCN1C(=O)C(C)(C)C(=O)N(C)c2cc(CN(CCn3ccc4oc(COC)cc4c3=O)Cc3cc(C)nn3C)ccc21.Cl.Cl. The van der Waals surface area contributed by atoms with Gasteiger partial charge >= 0.3 is 0 Å². The van der Waals surface area contributed by atoms with Gasteiger partial charge in [-0.15, -0.1) is 24.8 Å². The molecule has 1 aromatic carbocycles. The van der Waals surface area contributed by atoms with Crippen molar-refractivity contribution in [3.05, 3.63) is 75.7 Å². The summed E-state index contributed by atoms with van der Waals surface area (Å²) in [4.78, 5) is 45.5. The Morgan fingerprint density at radius 2 is 1.71 bits per heavy atom. The van der Waals surface area contributed by atoms with Crippen molar-refractivity contribution in [2.45, 2.75) is 53.9 Å². The summed E-state index contributed by atoms with van der Waals surface area (Å²) < 4.78 is 14.5. The number of nitrogens with zero attached hydrogens (tertiary/aromatic N) is 6. The number of ether oxygens (including phenoxy) is 1. The van der Waals surface area contributed by atoms with E-state index in [2.05, 4.69) is 16.1 Å². The molecule has 1 aliphatic rings. The average Bonchev–Trinajstić information content (AvgIpc) is 3.52. The van der Waals surface area contributed by atoms with E-state index in [9.17, 15) is 14.4 Å². The van der Waals surface area contributed by atoms with Gasteiger partial charge in [-0.05, 0) is 63.6 Å². The van der Waals surface area contributed by atoms with E-state index in [1.54, 1.807) is 54.6 Å². The Bertz CT molecular complexity index is 1740. The van der Waals surface area contributed by atoms with E-state index in [-0.39, 0.29) is 42.2 Å². The third kappa shape index (κ3) is 6.96. The molecule has 4 heterocycles. The fourth-order valence-corrected chi connectivity index (χ4v) is 5.83. The van der Waals surface area contributed by atoms with Crippen molar-refractivity contribution in [3.8, 4) is 0 Å². The van der Waals surface area contributed by atoms with Crippen LogP contribution in [0.4, 0.5) is 11.4 Å². The summed E-state index contributed by atoms with van der Waals surface area (Å²) in [5.74, 6) is 0.164. The van der Waals surface area contributed by atoms with Gasteiger partial charge < -0.3 is 23.5 Å². The van der Waals surface area contributed by atoms with Gasteiger partial charge in [0.1, 0.15) is 23.4 Å². The van der Waals surface area contributed by atoms with Crippen molar-refractivity contribution in [2.24, 2.45) is 12.5 Å². The topological polar surface area (TPSA) is 106 Å². The number of benzene rings is 1. The first-order valence-corrected chi connectivity index (χ1v) is 14.5. The van der Waals surface area contributed by atoms with E-state index in [1.807, 2.05) is 49.8 Å². The highest BCUT2D eigenvalue weighted by molar-refractivity contribution is 6.19. The molecule has 5 rings (SSSR count). The van der Waals surface area contributed by atoms with Gasteiger partial charge in [-0.2, -0.15) is 5.10 Å². The largest absolute Gasteiger partial charge is 0.458 e. The maximum atomic E-state index is 13.4. The van der Waals surface area contributed by atoms with E-state index < -0.39 is 5.41 Å². The highest BCUT2D eigenvalue weighted by atomic mass is 35.5. The van der Waals surface area contributed by atoms with Crippen molar-refractivity contribution in [1.29, 1.82) is 0 Å². The Kier molecular flexibility index (Phi) is 11.3. The number of aromatic nitrogens is 3. The molecule has 3 aromatic heterocycles. The number of aryl methyl sites for hydroxylation is 2. The smallest absolute Gasteiger partial charge is 0.261 e. The maximum absolute atomic E-state index is 13.4. The van der Waals surface area contributed by atoms with Crippen LogP contribution in [-0.4, -0.2) is 58.3 Å². The van der Waals surface area contributed by atoms with Gasteiger partial charge in [0.25, 0.3) is 5.56 Å². The lowest BCUT2D eigenvalue weighted by molar-refractivity contribution is -0.137. The Hall–Kier alpha value is -3.64. The zero-order valence-corrected chi connectivity index (χ0v) is 28.5. The number of methoxy groups -OCH3 is 1. The van der Waals surface area contributed by atoms with E-state index in [0.29, 0.717) is 61.7 Å². The number of carbonyl (C=O) groups excluding carboxylic acids is 2. The molecule has 0 radical (unpaired) electrons. The van der Waals surface area contributed by atoms with Crippen LogP contribution in [0.15, 0.2) is 51.8 Å². The molecule has 0 saturated carbocycles. The first kappa shape index (κ1) is 35.8. The molecule has 0 unspecified atom stereocenters. The van der Waals surface area contributed by atoms with Gasteiger partial charge in [-0.3, -0.25) is 24.0 Å². The van der Waals surface area contributed by atoms with Crippen LogP contribution in [0.25, 0.3) is 11.0 Å². The van der Waals surface area contributed by atoms with Gasteiger partial charge in [0, 0.05) is 60.1 Å². The van der Waals surface area contributed by atoms with Crippen molar-refractivity contribution >= 4 is 59.0 Å². The van der Waals surface area contributed by atoms with Crippen LogP contribution in [0.2, 0.25) is 0 Å². The van der Waals surface area contributed by atoms with E-state index in [0.717, 1.165) is 22.6 Å². The molecule has 0 bridgehead atoms. The third-order valence-electron chi connectivity index (χ3n) is 8.17. The molecular formula is C32H42Cl2N6O5. The van der Waals surface area contributed by atoms with Crippen molar-refractivity contribution in [1.82, 2.24) is 19.2 Å². The van der Waals surface area contributed by atoms with Crippen molar-refractivity contribution in [3.63, 3.8) is 0 Å². The Morgan fingerprint density at radius 3 is 2.36 bits per heavy atom. The summed E-state index contributed by atoms with van der Waals surface area (Å²) in [6, 6.07) is 11.5. The van der Waals surface area contributed by atoms with Gasteiger partial charge in [0.15, 0.2) is 0 Å². The average molecular weight is 662 g/mol. The summed E-state index contributed by atoms with van der Waals surface area (Å²) in [5.41, 5.74) is 3.66. The van der Waals surface area contributed by atoms with Gasteiger partial charge in [0.05, 0.1) is 28.1 Å². The van der Waals surface area contributed by atoms with Gasteiger partial charge in [-0.25, -0.2) is 0 Å². The number of anilines is 2. The number of rotatable bonds is 10. The number of carbonyl (C=O) groups is 2. The van der Waals surface area contributed by atoms with E-state index >= 15 is 0 Å². The minimum absolute atomic E-state index is 0. The second-order valence-corrected chi connectivity index (χ2v) is 11.7. The minimum Gasteiger partial charge on any atom is -0.458 e. The fraction of sp³-hybridized carbons (Fsp3) is 0.438. The molecule has 11 nitrogen and oxygen atoms in total. The van der Waals surface area contributed by atoms with E-state index in [1.165, 1.54) is 0 Å². The van der Waals surface area contributed by atoms with Gasteiger partial charge in [-0.1, -0.05) is 6.07 Å². The van der Waals surface area contributed by atoms with Crippen molar-refractivity contribution < 1.29 is 18.7 Å². The van der Waals surface area contributed by atoms with Crippen LogP contribution >= 0.6 is 24.8 Å². The number of hydrogen-bond acceptors (Lipinski definition) is 7. The lowest BCUT2D eigenvalue weighted by atomic mass is 9.90.